The summed E-state index contributed by atoms with van der Waals surface area (Å²) in [6, 6.07) is 10.8. The van der Waals surface area contributed by atoms with Crippen molar-refractivity contribution in [2.24, 2.45) is 12.8 Å². The number of fused-ring (bicyclic) bond motifs is 3. The Kier molecular flexibility index (Phi) is 4.90. The molecule has 11 heteroatoms. The van der Waals surface area contributed by atoms with Crippen LogP contribution in [0.5, 0.6) is 0 Å². The van der Waals surface area contributed by atoms with Gasteiger partial charge in [0.15, 0.2) is 11.2 Å². The van der Waals surface area contributed by atoms with Crippen molar-refractivity contribution in [3.63, 3.8) is 0 Å². The van der Waals surface area contributed by atoms with Crippen LogP contribution >= 0.6 is 11.6 Å². The normalized spacial score (nSPS) is 11.5. The van der Waals surface area contributed by atoms with Crippen molar-refractivity contribution in [1.82, 2.24) is 23.1 Å². The lowest BCUT2D eigenvalue weighted by atomic mass is 10.2. The van der Waals surface area contributed by atoms with Crippen molar-refractivity contribution in [2.45, 2.75) is 13.5 Å². The number of benzene rings is 2. The third kappa shape index (κ3) is 3.14. The van der Waals surface area contributed by atoms with Gasteiger partial charge < -0.3 is 5.73 Å². The maximum atomic E-state index is 14.4. The minimum Gasteiger partial charge on any atom is -0.366 e. The summed E-state index contributed by atoms with van der Waals surface area (Å²) >= 11 is 6.12. The predicted molar refractivity (Wildman–Crippen MR) is 125 cm³/mol. The molecule has 0 radical (unpaired) electrons. The standard InChI is InChI=1S/C23H18ClFN6O3/c1-12-10-29-18-20(27-22(29)31(12)14-8-6-13(7-9-14)19(26)32)28(2)23(34)30(21(18)33)11-15-16(24)4-3-5-17(15)25/h3-10H,11H2,1-2H3,(H2,26,32). The van der Waals surface area contributed by atoms with Crippen LogP contribution in [0.15, 0.2) is 58.3 Å². The highest BCUT2D eigenvalue weighted by Crippen LogP contribution is 2.22. The number of primary amides is 1. The number of hydrogen-bond donors (Lipinski definition) is 1. The maximum absolute atomic E-state index is 14.4. The first-order valence-electron chi connectivity index (χ1n) is 10.2. The van der Waals surface area contributed by atoms with Gasteiger partial charge in [0.2, 0.25) is 11.7 Å². The molecule has 0 saturated heterocycles. The molecular weight excluding hydrogens is 463 g/mol. The Labute approximate surface area is 196 Å². The van der Waals surface area contributed by atoms with E-state index in [1.165, 1.54) is 29.8 Å². The monoisotopic (exact) mass is 480 g/mol. The SMILES string of the molecule is Cc1cn2c3c(=O)n(Cc4c(F)cccc4Cl)c(=O)n(C)c3nc2n1-c1ccc(C(N)=O)cc1. The average molecular weight is 481 g/mol. The Morgan fingerprint density at radius 2 is 1.85 bits per heavy atom. The highest BCUT2D eigenvalue weighted by molar-refractivity contribution is 6.31. The van der Waals surface area contributed by atoms with Crippen molar-refractivity contribution < 1.29 is 9.18 Å². The highest BCUT2D eigenvalue weighted by atomic mass is 35.5. The zero-order chi connectivity index (χ0) is 24.3. The van der Waals surface area contributed by atoms with Crippen LogP contribution in [0.3, 0.4) is 0 Å². The molecule has 5 aromatic rings. The molecule has 34 heavy (non-hydrogen) atoms. The number of nitrogens with zero attached hydrogens (tertiary/aromatic N) is 5. The molecule has 0 atom stereocenters. The number of aryl methyl sites for hydroxylation is 2. The van der Waals surface area contributed by atoms with E-state index < -0.39 is 23.0 Å². The fourth-order valence-corrected chi connectivity index (χ4v) is 4.31. The van der Waals surface area contributed by atoms with Gasteiger partial charge in [0.25, 0.3) is 5.56 Å². The van der Waals surface area contributed by atoms with Crippen molar-refractivity contribution >= 4 is 34.4 Å². The second kappa shape index (κ2) is 7.70. The predicted octanol–water partition coefficient (Wildman–Crippen LogP) is 2.39. The van der Waals surface area contributed by atoms with Crippen LogP contribution in [0.25, 0.3) is 22.6 Å². The Bertz CT molecular complexity index is 1720. The van der Waals surface area contributed by atoms with E-state index in [0.29, 0.717) is 17.0 Å². The number of aromatic nitrogens is 5. The fraction of sp³-hybridized carbons (Fsp3) is 0.130. The van der Waals surface area contributed by atoms with Gasteiger partial charge in [-0.25, -0.2) is 9.18 Å². The summed E-state index contributed by atoms with van der Waals surface area (Å²) in [5, 5.41) is 0.119. The summed E-state index contributed by atoms with van der Waals surface area (Å²) in [6.45, 7) is 1.51. The van der Waals surface area contributed by atoms with Gasteiger partial charge in [-0.1, -0.05) is 17.7 Å². The number of halogens is 2. The maximum Gasteiger partial charge on any atom is 0.332 e. The second-order valence-electron chi connectivity index (χ2n) is 7.90. The summed E-state index contributed by atoms with van der Waals surface area (Å²) < 4.78 is 19.9. The molecule has 172 valence electrons. The van der Waals surface area contributed by atoms with Gasteiger partial charge in [-0.05, 0) is 43.3 Å². The van der Waals surface area contributed by atoms with Gasteiger partial charge in [-0.2, -0.15) is 4.98 Å². The molecule has 0 aliphatic rings. The van der Waals surface area contributed by atoms with Crippen LogP contribution in [0.1, 0.15) is 21.6 Å². The molecule has 0 spiro atoms. The van der Waals surface area contributed by atoms with E-state index >= 15 is 0 Å². The number of imidazole rings is 2. The number of carbonyl (C=O) groups excluding carboxylic acids is 1. The van der Waals surface area contributed by atoms with Crippen molar-refractivity contribution in [1.29, 1.82) is 0 Å². The summed E-state index contributed by atoms with van der Waals surface area (Å²) in [5.74, 6) is -0.757. The molecule has 1 amide bonds. The van der Waals surface area contributed by atoms with Gasteiger partial charge >= 0.3 is 5.69 Å². The quantitative estimate of drug-likeness (QED) is 0.426. The van der Waals surface area contributed by atoms with Crippen LogP contribution in [0.4, 0.5) is 4.39 Å². The largest absolute Gasteiger partial charge is 0.366 e. The van der Waals surface area contributed by atoms with E-state index in [4.69, 9.17) is 17.3 Å². The number of nitrogens with two attached hydrogens (primary N) is 1. The molecule has 0 aliphatic heterocycles. The van der Waals surface area contributed by atoms with Gasteiger partial charge in [0.05, 0.1) is 6.54 Å². The number of amides is 1. The molecule has 0 fully saturated rings. The first kappa shape index (κ1) is 21.7. The molecule has 3 heterocycles. The van der Waals surface area contributed by atoms with Gasteiger partial charge in [0, 0.05) is 40.8 Å². The minimum atomic E-state index is -0.647. The summed E-state index contributed by atoms with van der Waals surface area (Å²) in [5.41, 5.74) is 6.26. The highest BCUT2D eigenvalue weighted by Gasteiger charge is 2.22. The number of hydrogen-bond acceptors (Lipinski definition) is 4. The lowest BCUT2D eigenvalue weighted by Gasteiger charge is -2.10. The second-order valence-corrected chi connectivity index (χ2v) is 8.31. The number of carbonyl (C=O) groups is 1. The first-order chi connectivity index (χ1) is 16.2. The smallest absolute Gasteiger partial charge is 0.332 e. The van der Waals surface area contributed by atoms with Crippen molar-refractivity contribution in [3.8, 4) is 5.69 Å². The van der Waals surface area contributed by atoms with Crippen LogP contribution in [-0.2, 0) is 13.6 Å². The molecular formula is C23H18ClFN6O3. The zero-order valence-corrected chi connectivity index (χ0v) is 18.9. The Morgan fingerprint density at radius 1 is 1.15 bits per heavy atom. The van der Waals surface area contributed by atoms with Crippen LogP contribution in [0.2, 0.25) is 5.02 Å². The van der Waals surface area contributed by atoms with E-state index in [0.717, 1.165) is 10.3 Å². The van der Waals surface area contributed by atoms with E-state index in [-0.39, 0.29) is 28.3 Å². The Hall–Kier alpha value is -4.18. The Balaban J connectivity index is 1.76. The lowest BCUT2D eigenvalue weighted by molar-refractivity contribution is 0.100. The molecule has 3 aromatic heterocycles. The molecule has 0 saturated carbocycles. The fourth-order valence-electron chi connectivity index (χ4n) is 4.09. The molecule has 5 rings (SSSR count). The third-order valence-corrected chi connectivity index (χ3v) is 6.17. The average Bonchev–Trinajstić information content (AvgIpc) is 3.31. The summed E-state index contributed by atoms with van der Waals surface area (Å²) in [6.07, 6.45) is 1.72. The topological polar surface area (TPSA) is 109 Å². The van der Waals surface area contributed by atoms with Crippen LogP contribution in [0, 0.1) is 12.7 Å². The van der Waals surface area contributed by atoms with E-state index in [9.17, 15) is 18.8 Å². The van der Waals surface area contributed by atoms with E-state index in [1.807, 2.05) is 6.92 Å². The first-order valence-corrected chi connectivity index (χ1v) is 10.6. The molecule has 9 nitrogen and oxygen atoms in total. The third-order valence-electron chi connectivity index (χ3n) is 5.81. The molecule has 0 bridgehead atoms. The van der Waals surface area contributed by atoms with E-state index in [1.54, 1.807) is 39.4 Å². The van der Waals surface area contributed by atoms with Crippen LogP contribution < -0.4 is 17.0 Å². The van der Waals surface area contributed by atoms with Gasteiger partial charge in [-0.15, -0.1) is 0 Å². The van der Waals surface area contributed by atoms with Gasteiger partial charge in [0.1, 0.15) is 5.82 Å². The Morgan fingerprint density at radius 3 is 2.50 bits per heavy atom. The van der Waals surface area contributed by atoms with E-state index in [2.05, 4.69) is 4.98 Å². The van der Waals surface area contributed by atoms with Gasteiger partial charge in [-0.3, -0.25) is 27.7 Å². The summed E-state index contributed by atoms with van der Waals surface area (Å²) in [4.78, 5) is 42.4. The minimum absolute atomic E-state index is 0.0479. The number of rotatable bonds is 4. The zero-order valence-electron chi connectivity index (χ0n) is 18.1. The van der Waals surface area contributed by atoms with Crippen LogP contribution in [-0.4, -0.2) is 29.0 Å². The summed E-state index contributed by atoms with van der Waals surface area (Å²) in [7, 11) is 1.49. The van der Waals surface area contributed by atoms with Crippen molar-refractivity contribution in [3.05, 3.63) is 97.2 Å². The molecule has 2 N–H and O–H groups in total. The molecule has 0 unspecified atom stereocenters. The van der Waals surface area contributed by atoms with Crippen molar-refractivity contribution in [2.75, 3.05) is 0 Å². The molecule has 2 aromatic carbocycles. The molecule has 0 aliphatic carbocycles. The lowest BCUT2D eigenvalue weighted by Crippen LogP contribution is -2.39.